The Balaban J connectivity index is 2.33. The van der Waals surface area contributed by atoms with Crippen molar-refractivity contribution in [3.63, 3.8) is 0 Å². The number of aromatic nitrogens is 3. The summed E-state index contributed by atoms with van der Waals surface area (Å²) in [7, 11) is 0. The Morgan fingerprint density at radius 1 is 1.39 bits per heavy atom. The lowest BCUT2D eigenvalue weighted by Crippen LogP contribution is -1.99. The number of hydrogen-bond donors (Lipinski definition) is 1. The van der Waals surface area contributed by atoms with Crippen LogP contribution in [0, 0.1) is 11.3 Å². The minimum absolute atomic E-state index is 0.317. The quantitative estimate of drug-likeness (QED) is 0.644. The fourth-order valence-corrected chi connectivity index (χ4v) is 1.32. The van der Waals surface area contributed by atoms with Crippen LogP contribution in [0.3, 0.4) is 0 Å². The van der Waals surface area contributed by atoms with Gasteiger partial charge >= 0.3 is 5.97 Å². The largest absolute Gasteiger partial charge is 0.477 e. The van der Waals surface area contributed by atoms with Gasteiger partial charge < -0.3 is 5.11 Å². The maximum atomic E-state index is 10.7. The van der Waals surface area contributed by atoms with Crippen molar-refractivity contribution in [2.45, 2.75) is 0 Å². The summed E-state index contributed by atoms with van der Waals surface area (Å²) in [5, 5.41) is 25.4. The Morgan fingerprint density at radius 3 is 2.72 bits per heavy atom. The van der Waals surface area contributed by atoms with Crippen molar-refractivity contribution in [1.29, 1.82) is 5.26 Å². The van der Waals surface area contributed by atoms with Crippen LogP contribution in [0.15, 0.2) is 42.1 Å². The van der Waals surface area contributed by atoms with Gasteiger partial charge in [-0.2, -0.15) is 15.2 Å². The van der Waals surface area contributed by atoms with Gasteiger partial charge in [0.25, 0.3) is 0 Å². The second kappa shape index (κ2) is 4.93. The van der Waals surface area contributed by atoms with Crippen molar-refractivity contribution >= 4 is 12.0 Å². The average molecular weight is 240 g/mol. The van der Waals surface area contributed by atoms with E-state index in [0.717, 1.165) is 5.69 Å². The van der Waals surface area contributed by atoms with Gasteiger partial charge in [0, 0.05) is 0 Å². The number of benzene rings is 1. The molecular formula is C12H8N4O2. The summed E-state index contributed by atoms with van der Waals surface area (Å²) >= 11 is 0. The van der Waals surface area contributed by atoms with Crippen LogP contribution >= 0.6 is 0 Å². The van der Waals surface area contributed by atoms with Crippen LogP contribution in [0.2, 0.25) is 0 Å². The third-order valence-corrected chi connectivity index (χ3v) is 2.14. The van der Waals surface area contributed by atoms with E-state index < -0.39 is 5.97 Å². The molecule has 88 valence electrons. The highest BCUT2D eigenvalue weighted by Gasteiger charge is 2.08. The van der Waals surface area contributed by atoms with Crippen molar-refractivity contribution in [3.8, 4) is 11.8 Å². The lowest BCUT2D eigenvalue weighted by atomic mass is 10.2. The van der Waals surface area contributed by atoms with Gasteiger partial charge in [0.1, 0.15) is 17.3 Å². The number of nitriles is 1. The van der Waals surface area contributed by atoms with Gasteiger partial charge in [-0.15, -0.1) is 5.10 Å². The Morgan fingerprint density at radius 2 is 2.11 bits per heavy atom. The third-order valence-electron chi connectivity index (χ3n) is 2.14. The number of para-hydroxylation sites is 1. The Hall–Kier alpha value is -2.94. The number of carboxylic acid groups (broad SMARTS) is 1. The molecule has 18 heavy (non-hydrogen) atoms. The molecule has 0 saturated heterocycles. The minimum Gasteiger partial charge on any atom is -0.477 e. The normalized spacial score (nSPS) is 10.9. The second-order valence-corrected chi connectivity index (χ2v) is 3.37. The zero-order chi connectivity index (χ0) is 13.0. The van der Waals surface area contributed by atoms with E-state index in [0.29, 0.717) is 5.69 Å². The van der Waals surface area contributed by atoms with Gasteiger partial charge in [0.2, 0.25) is 0 Å². The highest BCUT2D eigenvalue weighted by molar-refractivity contribution is 5.96. The van der Waals surface area contributed by atoms with E-state index in [2.05, 4.69) is 10.2 Å². The second-order valence-electron chi connectivity index (χ2n) is 3.37. The molecular weight excluding hydrogens is 232 g/mol. The number of carboxylic acids is 1. The molecule has 0 bridgehead atoms. The fraction of sp³-hybridized carbons (Fsp3) is 0. The van der Waals surface area contributed by atoms with Crippen molar-refractivity contribution in [2.75, 3.05) is 0 Å². The van der Waals surface area contributed by atoms with Gasteiger partial charge in [-0.05, 0) is 18.2 Å². The smallest absolute Gasteiger partial charge is 0.346 e. The first kappa shape index (κ1) is 11.5. The van der Waals surface area contributed by atoms with E-state index >= 15 is 0 Å². The Kier molecular flexibility index (Phi) is 3.16. The highest BCUT2D eigenvalue weighted by atomic mass is 16.4. The summed E-state index contributed by atoms with van der Waals surface area (Å²) in [6.45, 7) is 0. The van der Waals surface area contributed by atoms with Gasteiger partial charge in [-0.3, -0.25) is 0 Å². The van der Waals surface area contributed by atoms with E-state index in [1.54, 1.807) is 6.07 Å². The lowest BCUT2D eigenvalue weighted by molar-refractivity contribution is -0.132. The monoisotopic (exact) mass is 240 g/mol. The van der Waals surface area contributed by atoms with Gasteiger partial charge in [-0.25, -0.2) is 4.79 Å². The molecule has 2 rings (SSSR count). The summed E-state index contributed by atoms with van der Waals surface area (Å²) in [6.07, 6.45) is 2.57. The number of nitrogens with zero attached hydrogens (tertiary/aromatic N) is 4. The van der Waals surface area contributed by atoms with Crippen molar-refractivity contribution in [2.24, 2.45) is 0 Å². The summed E-state index contributed by atoms with van der Waals surface area (Å²) < 4.78 is 0. The molecule has 0 aliphatic heterocycles. The molecule has 0 amide bonds. The van der Waals surface area contributed by atoms with Crippen molar-refractivity contribution < 1.29 is 9.90 Å². The zero-order valence-electron chi connectivity index (χ0n) is 9.19. The zero-order valence-corrected chi connectivity index (χ0v) is 9.19. The first-order chi connectivity index (χ1) is 8.70. The van der Waals surface area contributed by atoms with Crippen LogP contribution in [-0.2, 0) is 4.79 Å². The van der Waals surface area contributed by atoms with E-state index in [1.807, 2.05) is 30.3 Å². The molecule has 0 aliphatic rings. The van der Waals surface area contributed by atoms with Crippen LogP contribution in [0.4, 0.5) is 0 Å². The fourth-order valence-electron chi connectivity index (χ4n) is 1.32. The van der Waals surface area contributed by atoms with E-state index in [4.69, 9.17) is 10.4 Å². The molecule has 1 aromatic heterocycles. The molecule has 0 atom stereocenters. The number of hydrogen-bond acceptors (Lipinski definition) is 4. The molecule has 2 aromatic rings. The molecule has 0 fully saturated rings. The minimum atomic E-state index is -1.29. The topological polar surface area (TPSA) is 91.8 Å². The maximum absolute atomic E-state index is 10.7. The molecule has 6 heteroatoms. The first-order valence-electron chi connectivity index (χ1n) is 5.03. The van der Waals surface area contributed by atoms with Gasteiger partial charge in [-0.1, -0.05) is 18.2 Å². The summed E-state index contributed by atoms with van der Waals surface area (Å²) in [5.41, 5.74) is 0.693. The molecule has 0 spiro atoms. The van der Waals surface area contributed by atoms with Crippen LogP contribution < -0.4 is 0 Å². The summed E-state index contributed by atoms with van der Waals surface area (Å²) in [4.78, 5) is 12.0. The molecule has 0 aliphatic carbocycles. The number of rotatable bonds is 3. The van der Waals surface area contributed by atoms with Crippen LogP contribution in [-0.4, -0.2) is 26.1 Å². The molecule has 6 nitrogen and oxygen atoms in total. The lowest BCUT2D eigenvalue weighted by Gasteiger charge is -1.96. The maximum Gasteiger partial charge on any atom is 0.346 e. The van der Waals surface area contributed by atoms with Gasteiger partial charge in [0.15, 0.2) is 0 Å². The SMILES string of the molecule is N#C/C(=C/c1cnn(-c2ccccc2)n1)C(=O)O. The van der Waals surface area contributed by atoms with Crippen LogP contribution in [0.25, 0.3) is 11.8 Å². The standard InChI is InChI=1S/C12H8N4O2/c13-7-9(12(17)18)6-10-8-14-16(15-10)11-4-2-1-3-5-11/h1-6,8H,(H,17,18)/b9-6-. The van der Waals surface area contributed by atoms with Crippen LogP contribution in [0.1, 0.15) is 5.69 Å². The third kappa shape index (κ3) is 2.41. The molecule has 0 unspecified atom stereocenters. The number of carbonyl (C=O) groups is 1. The van der Waals surface area contributed by atoms with Crippen molar-refractivity contribution in [3.05, 3.63) is 47.8 Å². The van der Waals surface area contributed by atoms with E-state index in [-0.39, 0.29) is 5.57 Å². The Bertz CT molecular complexity index is 638. The summed E-state index contributed by atoms with van der Waals surface area (Å²) in [5.74, 6) is -1.29. The van der Waals surface area contributed by atoms with Crippen molar-refractivity contribution in [1.82, 2.24) is 15.0 Å². The average Bonchev–Trinajstić information content (AvgIpc) is 2.85. The van der Waals surface area contributed by atoms with E-state index in [9.17, 15) is 4.79 Å². The highest BCUT2D eigenvalue weighted by Crippen LogP contribution is 2.07. The van der Waals surface area contributed by atoms with Crippen LogP contribution in [0.5, 0.6) is 0 Å². The molecule has 0 saturated carbocycles. The van der Waals surface area contributed by atoms with Gasteiger partial charge in [0.05, 0.1) is 11.9 Å². The molecule has 0 radical (unpaired) electrons. The molecule has 1 heterocycles. The predicted molar refractivity (Wildman–Crippen MR) is 62.6 cm³/mol. The van der Waals surface area contributed by atoms with E-state index in [1.165, 1.54) is 17.1 Å². The number of aliphatic carboxylic acids is 1. The molecule has 1 aromatic carbocycles. The first-order valence-corrected chi connectivity index (χ1v) is 5.03. The molecule has 1 N–H and O–H groups in total. The Labute approximate surface area is 102 Å². The summed E-state index contributed by atoms with van der Waals surface area (Å²) in [6, 6.07) is 10.8. The predicted octanol–water partition coefficient (Wildman–Crippen LogP) is 1.26.